The van der Waals surface area contributed by atoms with E-state index in [1.807, 2.05) is 73.7 Å². The van der Waals surface area contributed by atoms with Crippen LogP contribution in [-0.2, 0) is 16.2 Å². The van der Waals surface area contributed by atoms with E-state index in [4.69, 9.17) is 9.84 Å². The number of aliphatic carboxylic acids is 1. The van der Waals surface area contributed by atoms with Crippen molar-refractivity contribution in [3.63, 3.8) is 0 Å². The van der Waals surface area contributed by atoms with Gasteiger partial charge >= 0.3 is 5.97 Å². The molecule has 34 heavy (non-hydrogen) atoms. The Balaban J connectivity index is 1.36. The number of fused-ring (bicyclic) bond motifs is 2. The number of amides is 1. The van der Waals surface area contributed by atoms with Crippen LogP contribution in [-0.4, -0.2) is 28.5 Å². The third-order valence-corrected chi connectivity index (χ3v) is 5.89. The number of rotatable bonds is 10. The van der Waals surface area contributed by atoms with Gasteiger partial charge in [0.2, 0.25) is 5.91 Å². The van der Waals surface area contributed by atoms with E-state index in [0.29, 0.717) is 26.0 Å². The summed E-state index contributed by atoms with van der Waals surface area (Å²) in [4.78, 5) is 27.7. The maximum absolute atomic E-state index is 12.5. The normalized spacial score (nSPS) is 11.9. The number of hydrogen-bond donors (Lipinski definition) is 2. The van der Waals surface area contributed by atoms with Crippen molar-refractivity contribution in [3.8, 4) is 5.75 Å². The van der Waals surface area contributed by atoms with Crippen LogP contribution in [0, 0.1) is 0 Å². The van der Waals surface area contributed by atoms with Crippen LogP contribution < -0.4 is 10.1 Å². The van der Waals surface area contributed by atoms with Crippen LogP contribution in [0.2, 0.25) is 0 Å². The fourth-order valence-corrected chi connectivity index (χ4v) is 3.86. The highest BCUT2D eigenvalue weighted by molar-refractivity contribution is 5.88. The lowest BCUT2D eigenvalue weighted by molar-refractivity contribution is -0.137. The van der Waals surface area contributed by atoms with Crippen LogP contribution in [0.3, 0.4) is 0 Å². The Bertz CT molecular complexity index is 1320. The molecule has 1 atom stereocenters. The van der Waals surface area contributed by atoms with Crippen molar-refractivity contribution in [2.75, 3.05) is 6.54 Å². The predicted octanol–water partition coefficient (Wildman–Crippen LogP) is 5.44. The first kappa shape index (κ1) is 23.2. The fourth-order valence-electron chi connectivity index (χ4n) is 3.86. The molecule has 6 nitrogen and oxygen atoms in total. The van der Waals surface area contributed by atoms with Crippen LogP contribution in [0.4, 0.5) is 0 Å². The number of carbonyl (C=O) groups excluding carboxylic acids is 1. The lowest BCUT2D eigenvalue weighted by Crippen LogP contribution is -2.28. The fraction of sp³-hybridized carbons (Fsp3) is 0.250. The summed E-state index contributed by atoms with van der Waals surface area (Å²) in [5.74, 6) is -0.395. The van der Waals surface area contributed by atoms with E-state index in [0.717, 1.165) is 38.7 Å². The zero-order valence-corrected chi connectivity index (χ0v) is 19.2. The number of carbonyl (C=O) groups is 2. The Morgan fingerprint density at radius 3 is 2.56 bits per heavy atom. The largest absolute Gasteiger partial charge is 0.487 e. The number of carboxylic acids is 1. The molecule has 0 aliphatic carbocycles. The van der Waals surface area contributed by atoms with Crippen LogP contribution in [0.5, 0.6) is 5.75 Å². The number of aromatic nitrogens is 1. The number of ether oxygens (including phenoxy) is 1. The quantitative estimate of drug-likeness (QED) is 0.310. The molecule has 0 aliphatic heterocycles. The van der Waals surface area contributed by atoms with Crippen molar-refractivity contribution < 1.29 is 19.4 Å². The zero-order valence-electron chi connectivity index (χ0n) is 19.2. The number of unbranched alkanes of at least 4 members (excludes halogenated alkanes) is 1. The highest BCUT2D eigenvalue weighted by atomic mass is 16.5. The zero-order chi connectivity index (χ0) is 23.9. The monoisotopic (exact) mass is 456 g/mol. The molecule has 1 heterocycles. The number of para-hydroxylation sites is 1. The first-order valence-corrected chi connectivity index (χ1v) is 11.5. The van der Waals surface area contributed by atoms with Gasteiger partial charge in [-0.25, -0.2) is 4.98 Å². The van der Waals surface area contributed by atoms with Crippen molar-refractivity contribution in [3.05, 3.63) is 84.1 Å². The van der Waals surface area contributed by atoms with Gasteiger partial charge in [0.05, 0.1) is 17.1 Å². The molecule has 0 saturated heterocycles. The van der Waals surface area contributed by atoms with E-state index in [1.165, 1.54) is 0 Å². The second kappa shape index (κ2) is 10.8. The van der Waals surface area contributed by atoms with Gasteiger partial charge < -0.3 is 15.2 Å². The number of carboxylic acid groups (broad SMARTS) is 1. The minimum absolute atomic E-state index is 0.0579. The molecule has 0 aliphatic rings. The highest BCUT2D eigenvalue weighted by Gasteiger charge is 2.15. The molecule has 1 aromatic heterocycles. The van der Waals surface area contributed by atoms with Gasteiger partial charge in [0, 0.05) is 18.4 Å². The van der Waals surface area contributed by atoms with E-state index in [-0.39, 0.29) is 18.2 Å². The average Bonchev–Trinajstić information content (AvgIpc) is 2.86. The van der Waals surface area contributed by atoms with Crippen molar-refractivity contribution in [1.82, 2.24) is 10.3 Å². The number of pyridine rings is 1. The first-order valence-electron chi connectivity index (χ1n) is 11.5. The Labute approximate surface area is 198 Å². The third kappa shape index (κ3) is 5.90. The SMILES string of the molecule is CC(C(=O)NCCCCC(=O)O)c1ccc2cc(OCc3ccc4ccccc4n3)ccc2c1. The van der Waals surface area contributed by atoms with Crippen molar-refractivity contribution >= 4 is 33.6 Å². The molecule has 1 unspecified atom stereocenters. The molecule has 0 fully saturated rings. The Kier molecular flexibility index (Phi) is 7.38. The minimum Gasteiger partial charge on any atom is -0.487 e. The van der Waals surface area contributed by atoms with Gasteiger partial charge in [-0.1, -0.05) is 48.5 Å². The molecular formula is C28H28N2O4. The maximum Gasteiger partial charge on any atom is 0.303 e. The Morgan fingerprint density at radius 2 is 1.71 bits per heavy atom. The molecule has 0 saturated carbocycles. The van der Waals surface area contributed by atoms with Gasteiger partial charge in [-0.15, -0.1) is 0 Å². The Morgan fingerprint density at radius 1 is 0.941 bits per heavy atom. The topological polar surface area (TPSA) is 88.5 Å². The van der Waals surface area contributed by atoms with Crippen molar-refractivity contribution in [2.45, 2.75) is 38.7 Å². The number of hydrogen-bond acceptors (Lipinski definition) is 4. The second-order valence-corrected chi connectivity index (χ2v) is 8.42. The van der Waals surface area contributed by atoms with Crippen molar-refractivity contribution in [2.24, 2.45) is 0 Å². The standard InChI is InChI=1S/C28H28N2O4/c1-19(28(33)29-15-5-4-8-27(31)32)21-9-10-23-17-25(14-12-22(23)16-21)34-18-24-13-11-20-6-2-3-7-26(20)30-24/h2-3,6-7,9-14,16-17,19H,4-5,8,15,18H2,1H3,(H,29,33)(H,31,32). The maximum atomic E-state index is 12.5. The Hall–Kier alpha value is -3.93. The molecular weight excluding hydrogens is 428 g/mol. The molecule has 6 heteroatoms. The molecule has 0 spiro atoms. The average molecular weight is 457 g/mol. The lowest BCUT2D eigenvalue weighted by atomic mass is 9.97. The first-order chi connectivity index (χ1) is 16.5. The molecule has 2 N–H and O–H groups in total. The number of nitrogens with one attached hydrogen (secondary N) is 1. The molecule has 4 rings (SSSR count). The molecule has 1 amide bonds. The summed E-state index contributed by atoms with van der Waals surface area (Å²) in [7, 11) is 0. The highest BCUT2D eigenvalue weighted by Crippen LogP contribution is 2.26. The van der Waals surface area contributed by atoms with Crippen LogP contribution in [0.25, 0.3) is 21.7 Å². The predicted molar refractivity (Wildman–Crippen MR) is 133 cm³/mol. The van der Waals surface area contributed by atoms with E-state index in [9.17, 15) is 9.59 Å². The molecule has 3 aromatic carbocycles. The van der Waals surface area contributed by atoms with Crippen LogP contribution in [0.15, 0.2) is 72.8 Å². The van der Waals surface area contributed by atoms with Gasteiger partial charge in [0.25, 0.3) is 0 Å². The summed E-state index contributed by atoms with van der Waals surface area (Å²) in [6.07, 6.45) is 1.34. The summed E-state index contributed by atoms with van der Waals surface area (Å²) in [5.41, 5.74) is 2.76. The number of benzene rings is 3. The molecule has 0 radical (unpaired) electrons. The van der Waals surface area contributed by atoms with E-state index >= 15 is 0 Å². The third-order valence-electron chi connectivity index (χ3n) is 5.89. The summed E-state index contributed by atoms with van der Waals surface area (Å²) in [6.45, 7) is 2.75. The molecule has 0 bridgehead atoms. The van der Waals surface area contributed by atoms with Gasteiger partial charge in [0.1, 0.15) is 12.4 Å². The van der Waals surface area contributed by atoms with Gasteiger partial charge in [-0.05, 0) is 60.4 Å². The van der Waals surface area contributed by atoms with Gasteiger partial charge in [0.15, 0.2) is 0 Å². The minimum atomic E-state index is -0.810. The smallest absolute Gasteiger partial charge is 0.303 e. The molecule has 4 aromatic rings. The van der Waals surface area contributed by atoms with Crippen molar-refractivity contribution in [1.29, 1.82) is 0 Å². The summed E-state index contributed by atoms with van der Waals surface area (Å²) in [6, 6.07) is 24.0. The van der Waals surface area contributed by atoms with Gasteiger partial charge in [-0.2, -0.15) is 0 Å². The van der Waals surface area contributed by atoms with Crippen LogP contribution >= 0.6 is 0 Å². The van der Waals surface area contributed by atoms with E-state index in [2.05, 4.69) is 16.4 Å². The second-order valence-electron chi connectivity index (χ2n) is 8.42. The van der Waals surface area contributed by atoms with E-state index < -0.39 is 5.97 Å². The number of nitrogens with zero attached hydrogens (tertiary/aromatic N) is 1. The molecule has 174 valence electrons. The summed E-state index contributed by atoms with van der Waals surface area (Å²) in [5, 5.41) is 14.8. The summed E-state index contributed by atoms with van der Waals surface area (Å²) < 4.78 is 5.98. The lowest BCUT2D eigenvalue weighted by Gasteiger charge is -2.14. The van der Waals surface area contributed by atoms with Gasteiger partial charge in [-0.3, -0.25) is 9.59 Å². The summed E-state index contributed by atoms with van der Waals surface area (Å²) >= 11 is 0. The van der Waals surface area contributed by atoms with E-state index in [1.54, 1.807) is 0 Å². The van der Waals surface area contributed by atoms with Crippen LogP contribution in [0.1, 0.15) is 43.4 Å².